The fraction of sp³-hybridized carbons (Fsp3) is 0.500. The first-order valence-corrected chi connectivity index (χ1v) is 9.23. The van der Waals surface area contributed by atoms with Crippen LogP contribution < -0.4 is 24.8 Å². The second-order valence-electron chi connectivity index (χ2n) is 6.40. The first-order valence-electron chi connectivity index (χ1n) is 9.23. The van der Waals surface area contributed by atoms with E-state index in [0.29, 0.717) is 29.8 Å². The summed E-state index contributed by atoms with van der Waals surface area (Å²) >= 11 is 0. The molecule has 1 aromatic heterocycles. The number of halogens is 1. The summed E-state index contributed by atoms with van der Waals surface area (Å²) in [5, 5.41) is 10.6. The SMILES string of the molecule is CCNC(=NCC(C)c1c(C)noc1C)Nc1cc(OC)c(OC)c(OC)c1.I. The van der Waals surface area contributed by atoms with Crippen molar-refractivity contribution in [2.45, 2.75) is 33.6 Å². The lowest BCUT2D eigenvalue weighted by atomic mass is 10.00. The number of hydrogen-bond donors (Lipinski definition) is 2. The smallest absolute Gasteiger partial charge is 0.203 e. The Kier molecular flexibility index (Phi) is 10.1. The molecule has 0 saturated carbocycles. The summed E-state index contributed by atoms with van der Waals surface area (Å²) in [6, 6.07) is 3.68. The highest BCUT2D eigenvalue weighted by Gasteiger charge is 2.17. The average molecular weight is 518 g/mol. The van der Waals surface area contributed by atoms with Gasteiger partial charge in [-0.15, -0.1) is 24.0 Å². The molecule has 2 rings (SSSR count). The molecular formula is C20H31IN4O4. The Morgan fingerprint density at radius 2 is 1.76 bits per heavy atom. The Balaban J connectivity index is 0.00000420. The molecule has 2 aromatic rings. The van der Waals surface area contributed by atoms with Gasteiger partial charge in [-0.2, -0.15) is 0 Å². The molecule has 0 aliphatic rings. The van der Waals surface area contributed by atoms with Gasteiger partial charge in [0.15, 0.2) is 17.5 Å². The maximum atomic E-state index is 5.41. The van der Waals surface area contributed by atoms with Gasteiger partial charge < -0.3 is 29.4 Å². The number of aromatic nitrogens is 1. The van der Waals surface area contributed by atoms with Gasteiger partial charge in [-0.25, -0.2) is 0 Å². The van der Waals surface area contributed by atoms with Gasteiger partial charge in [-0.05, 0) is 20.8 Å². The standard InChI is InChI=1S/C20H30N4O4.HI/c1-8-21-20(22-11-12(2)18-13(3)24-28-14(18)4)23-15-9-16(25-5)19(27-7)17(10-15)26-6;/h9-10,12H,8,11H2,1-7H3,(H2,21,22,23);1H. The Hall–Kier alpha value is -2.17. The second-order valence-corrected chi connectivity index (χ2v) is 6.40. The van der Waals surface area contributed by atoms with E-state index in [9.17, 15) is 0 Å². The second kappa shape index (κ2) is 11.7. The molecule has 1 atom stereocenters. The number of ether oxygens (including phenoxy) is 3. The molecule has 1 unspecified atom stereocenters. The first kappa shape index (κ1) is 24.9. The van der Waals surface area contributed by atoms with Gasteiger partial charge in [0, 0.05) is 42.4 Å². The number of rotatable bonds is 8. The van der Waals surface area contributed by atoms with Crippen LogP contribution in [-0.2, 0) is 0 Å². The molecule has 0 fully saturated rings. The van der Waals surface area contributed by atoms with Crippen molar-refractivity contribution in [3.05, 3.63) is 29.2 Å². The molecule has 2 N–H and O–H groups in total. The number of benzene rings is 1. The van der Waals surface area contributed by atoms with Gasteiger partial charge in [0.25, 0.3) is 0 Å². The molecule has 0 saturated heterocycles. The molecule has 9 heteroatoms. The van der Waals surface area contributed by atoms with Gasteiger partial charge in [0.2, 0.25) is 5.75 Å². The van der Waals surface area contributed by atoms with E-state index in [4.69, 9.17) is 23.7 Å². The van der Waals surface area contributed by atoms with Gasteiger partial charge in [-0.1, -0.05) is 12.1 Å². The van der Waals surface area contributed by atoms with Crippen molar-refractivity contribution in [2.75, 3.05) is 39.7 Å². The average Bonchev–Trinajstić information content (AvgIpc) is 3.03. The van der Waals surface area contributed by atoms with Crippen LogP contribution >= 0.6 is 24.0 Å². The summed E-state index contributed by atoms with van der Waals surface area (Å²) < 4.78 is 21.5. The highest BCUT2D eigenvalue weighted by molar-refractivity contribution is 14.0. The molecule has 0 spiro atoms. The van der Waals surface area contributed by atoms with Gasteiger partial charge in [0.1, 0.15) is 5.76 Å². The molecule has 0 radical (unpaired) electrons. The Morgan fingerprint density at radius 3 is 2.21 bits per heavy atom. The zero-order chi connectivity index (χ0) is 20.7. The van der Waals surface area contributed by atoms with E-state index >= 15 is 0 Å². The van der Waals surface area contributed by atoms with E-state index in [0.717, 1.165) is 29.2 Å². The van der Waals surface area contributed by atoms with Crippen LogP contribution in [-0.4, -0.2) is 45.5 Å². The van der Waals surface area contributed by atoms with E-state index < -0.39 is 0 Å². The maximum absolute atomic E-state index is 5.41. The first-order chi connectivity index (χ1) is 13.4. The predicted molar refractivity (Wildman–Crippen MR) is 126 cm³/mol. The molecule has 162 valence electrons. The minimum Gasteiger partial charge on any atom is -0.493 e. The molecule has 0 amide bonds. The quantitative estimate of drug-likeness (QED) is 0.309. The van der Waals surface area contributed by atoms with E-state index in [1.807, 2.05) is 32.9 Å². The number of anilines is 1. The van der Waals surface area contributed by atoms with Crippen molar-refractivity contribution in [1.82, 2.24) is 10.5 Å². The van der Waals surface area contributed by atoms with Crippen LogP contribution in [0.3, 0.4) is 0 Å². The largest absolute Gasteiger partial charge is 0.493 e. The van der Waals surface area contributed by atoms with Gasteiger partial charge >= 0.3 is 0 Å². The van der Waals surface area contributed by atoms with E-state index in [1.165, 1.54) is 0 Å². The van der Waals surface area contributed by atoms with E-state index in [2.05, 4.69) is 22.7 Å². The molecule has 0 aliphatic heterocycles. The number of methoxy groups -OCH3 is 3. The molecule has 1 aromatic carbocycles. The molecule has 1 heterocycles. The maximum Gasteiger partial charge on any atom is 0.203 e. The minimum atomic E-state index is 0. The number of hydrogen-bond acceptors (Lipinski definition) is 6. The van der Waals surface area contributed by atoms with Gasteiger partial charge in [-0.3, -0.25) is 4.99 Å². The van der Waals surface area contributed by atoms with E-state index in [1.54, 1.807) is 21.3 Å². The summed E-state index contributed by atoms with van der Waals surface area (Å²) in [6.45, 7) is 9.32. The number of aryl methyl sites for hydroxylation is 2. The lowest BCUT2D eigenvalue weighted by Crippen LogP contribution is -2.31. The zero-order valence-electron chi connectivity index (χ0n) is 18.1. The van der Waals surface area contributed by atoms with Crippen LogP contribution in [0.4, 0.5) is 5.69 Å². The lowest BCUT2D eigenvalue weighted by Gasteiger charge is -2.17. The topological polar surface area (TPSA) is 90.1 Å². The van der Waals surface area contributed by atoms with Crippen molar-refractivity contribution in [2.24, 2.45) is 4.99 Å². The predicted octanol–water partition coefficient (Wildman–Crippen LogP) is 4.12. The van der Waals surface area contributed by atoms with E-state index in [-0.39, 0.29) is 29.9 Å². The third-order valence-electron chi connectivity index (χ3n) is 4.38. The molecular weight excluding hydrogens is 487 g/mol. The molecule has 0 bridgehead atoms. The van der Waals surface area contributed by atoms with Crippen LogP contribution in [0.15, 0.2) is 21.6 Å². The third-order valence-corrected chi connectivity index (χ3v) is 4.38. The Labute approximate surface area is 189 Å². The fourth-order valence-corrected chi connectivity index (χ4v) is 3.11. The summed E-state index contributed by atoms with van der Waals surface area (Å²) in [4.78, 5) is 4.71. The van der Waals surface area contributed by atoms with Crippen LogP contribution in [0.1, 0.15) is 36.8 Å². The highest BCUT2D eigenvalue weighted by Crippen LogP contribution is 2.39. The molecule has 0 aliphatic carbocycles. The number of nitrogens with one attached hydrogen (secondary N) is 2. The monoisotopic (exact) mass is 518 g/mol. The van der Waals surface area contributed by atoms with Crippen molar-refractivity contribution in [3.8, 4) is 17.2 Å². The minimum absolute atomic E-state index is 0. The fourth-order valence-electron chi connectivity index (χ4n) is 3.11. The van der Waals surface area contributed by atoms with Crippen molar-refractivity contribution in [3.63, 3.8) is 0 Å². The van der Waals surface area contributed by atoms with Crippen LogP contribution in [0.5, 0.6) is 17.2 Å². The van der Waals surface area contributed by atoms with Crippen molar-refractivity contribution in [1.29, 1.82) is 0 Å². The number of nitrogens with zero attached hydrogens (tertiary/aromatic N) is 2. The summed E-state index contributed by atoms with van der Waals surface area (Å²) in [6.07, 6.45) is 0. The lowest BCUT2D eigenvalue weighted by molar-refractivity contribution is 0.324. The molecule has 29 heavy (non-hydrogen) atoms. The van der Waals surface area contributed by atoms with Crippen LogP contribution in [0, 0.1) is 13.8 Å². The van der Waals surface area contributed by atoms with Crippen molar-refractivity contribution >= 4 is 35.6 Å². The Morgan fingerprint density at radius 1 is 1.14 bits per heavy atom. The zero-order valence-corrected chi connectivity index (χ0v) is 20.4. The normalized spacial score (nSPS) is 12.0. The summed E-state index contributed by atoms with van der Waals surface area (Å²) in [7, 11) is 4.76. The molecule has 8 nitrogen and oxygen atoms in total. The summed E-state index contributed by atoms with van der Waals surface area (Å²) in [5.74, 6) is 3.37. The Bertz CT molecular complexity index is 778. The number of aliphatic imine (C=N–C) groups is 1. The van der Waals surface area contributed by atoms with Crippen molar-refractivity contribution < 1.29 is 18.7 Å². The van der Waals surface area contributed by atoms with Crippen LogP contribution in [0.25, 0.3) is 0 Å². The third kappa shape index (κ3) is 6.15. The summed E-state index contributed by atoms with van der Waals surface area (Å²) in [5.41, 5.74) is 2.79. The van der Waals surface area contributed by atoms with Crippen LogP contribution in [0.2, 0.25) is 0 Å². The number of guanidine groups is 1. The highest BCUT2D eigenvalue weighted by atomic mass is 127. The van der Waals surface area contributed by atoms with Gasteiger partial charge in [0.05, 0.1) is 27.0 Å².